The highest BCUT2D eigenvalue weighted by Gasteiger charge is 2.32. The number of aliphatic hydroxyl groups is 1. The second-order valence-electron chi connectivity index (χ2n) is 4.67. The molecule has 0 bridgehead atoms. The Hall–Kier alpha value is -0.920. The fraction of sp³-hybridized carbons (Fsp3) is 0.667. The Morgan fingerprint density at radius 2 is 2.26 bits per heavy atom. The predicted octanol–water partition coefficient (Wildman–Crippen LogP) is 0.979. The summed E-state index contributed by atoms with van der Waals surface area (Å²) in [7, 11) is 0. The van der Waals surface area contributed by atoms with Crippen LogP contribution in [-0.2, 0) is 11.3 Å². The highest BCUT2D eigenvalue weighted by molar-refractivity contribution is 9.10. The molecule has 1 aliphatic rings. The molecule has 0 radical (unpaired) electrons. The molecule has 0 aromatic carbocycles. The van der Waals surface area contributed by atoms with Crippen LogP contribution in [-0.4, -0.2) is 40.2 Å². The van der Waals surface area contributed by atoms with E-state index in [1.807, 2.05) is 6.92 Å². The third-order valence-corrected chi connectivity index (χ3v) is 4.20. The molecule has 19 heavy (non-hydrogen) atoms. The summed E-state index contributed by atoms with van der Waals surface area (Å²) in [5, 5.41) is 17.0. The van der Waals surface area contributed by atoms with Gasteiger partial charge in [-0.15, -0.1) is 0 Å². The van der Waals surface area contributed by atoms with Gasteiger partial charge in [0.2, 0.25) is 0 Å². The molecule has 1 aromatic rings. The van der Waals surface area contributed by atoms with Crippen molar-refractivity contribution in [1.82, 2.24) is 9.78 Å². The summed E-state index contributed by atoms with van der Waals surface area (Å²) in [6.45, 7) is 3.59. The summed E-state index contributed by atoms with van der Waals surface area (Å²) in [5.41, 5.74) is 0.00566. The molecule has 1 aliphatic heterocycles. The summed E-state index contributed by atoms with van der Waals surface area (Å²) >= 11 is 3.30. The molecule has 6 nitrogen and oxygen atoms in total. The molecule has 0 unspecified atom stereocenters. The van der Waals surface area contributed by atoms with Crippen molar-refractivity contribution in [2.24, 2.45) is 0 Å². The first-order valence-corrected chi connectivity index (χ1v) is 7.13. The van der Waals surface area contributed by atoms with E-state index < -0.39 is 5.54 Å². The Kier molecular flexibility index (Phi) is 4.59. The van der Waals surface area contributed by atoms with Crippen molar-refractivity contribution in [3.63, 3.8) is 0 Å². The van der Waals surface area contributed by atoms with Gasteiger partial charge < -0.3 is 15.2 Å². The number of anilines is 1. The monoisotopic (exact) mass is 331 g/mol. The van der Waals surface area contributed by atoms with E-state index in [0.29, 0.717) is 42.8 Å². The highest BCUT2D eigenvalue weighted by atomic mass is 79.9. The van der Waals surface area contributed by atoms with Gasteiger partial charge in [0.1, 0.15) is 4.47 Å². The first-order chi connectivity index (χ1) is 9.12. The highest BCUT2D eigenvalue weighted by Crippen LogP contribution is 2.27. The van der Waals surface area contributed by atoms with Gasteiger partial charge >= 0.3 is 0 Å². The second-order valence-corrected chi connectivity index (χ2v) is 5.46. The van der Waals surface area contributed by atoms with Crippen LogP contribution in [0.1, 0.15) is 19.8 Å². The predicted molar refractivity (Wildman–Crippen MR) is 75.4 cm³/mol. The van der Waals surface area contributed by atoms with Gasteiger partial charge in [-0.3, -0.25) is 4.79 Å². The number of nitrogens with one attached hydrogen (secondary N) is 1. The van der Waals surface area contributed by atoms with Crippen LogP contribution in [0.2, 0.25) is 0 Å². The number of hydrogen-bond donors (Lipinski definition) is 2. The third kappa shape index (κ3) is 2.98. The maximum Gasteiger partial charge on any atom is 0.283 e. The number of hydrogen-bond acceptors (Lipinski definition) is 5. The van der Waals surface area contributed by atoms with Crippen LogP contribution in [0, 0.1) is 0 Å². The minimum Gasteiger partial charge on any atom is -0.394 e. The number of aromatic nitrogens is 2. The molecule has 106 valence electrons. The van der Waals surface area contributed by atoms with Gasteiger partial charge in [0.15, 0.2) is 0 Å². The first kappa shape index (κ1) is 14.5. The lowest BCUT2D eigenvalue weighted by Crippen LogP contribution is -2.47. The Morgan fingerprint density at radius 3 is 2.84 bits per heavy atom. The number of ether oxygens (including phenoxy) is 1. The van der Waals surface area contributed by atoms with Gasteiger partial charge in [-0.2, -0.15) is 5.10 Å². The normalized spacial score (nSPS) is 18.3. The number of aliphatic hydroxyl groups excluding tert-OH is 1. The van der Waals surface area contributed by atoms with E-state index in [9.17, 15) is 9.90 Å². The molecular weight excluding hydrogens is 314 g/mol. The van der Waals surface area contributed by atoms with E-state index in [-0.39, 0.29) is 12.2 Å². The molecule has 1 saturated heterocycles. The molecule has 1 aromatic heterocycles. The average molecular weight is 332 g/mol. The SMILES string of the molecule is CCn1ncc(NC2(CO)CCOCC2)c(Br)c1=O. The summed E-state index contributed by atoms with van der Waals surface area (Å²) in [5.74, 6) is 0. The molecule has 0 saturated carbocycles. The van der Waals surface area contributed by atoms with Crippen LogP contribution < -0.4 is 10.9 Å². The molecule has 1 fully saturated rings. The Bertz CT molecular complexity index is 497. The third-order valence-electron chi connectivity index (χ3n) is 3.44. The quantitative estimate of drug-likeness (QED) is 0.860. The molecule has 0 amide bonds. The van der Waals surface area contributed by atoms with Gasteiger partial charge in [-0.25, -0.2) is 4.68 Å². The van der Waals surface area contributed by atoms with Crippen LogP contribution in [0.15, 0.2) is 15.5 Å². The van der Waals surface area contributed by atoms with E-state index in [1.54, 1.807) is 6.20 Å². The number of nitrogens with zero attached hydrogens (tertiary/aromatic N) is 2. The van der Waals surface area contributed by atoms with Crippen molar-refractivity contribution < 1.29 is 9.84 Å². The second kappa shape index (κ2) is 6.02. The van der Waals surface area contributed by atoms with Crippen LogP contribution >= 0.6 is 15.9 Å². The van der Waals surface area contributed by atoms with Gasteiger partial charge in [0.25, 0.3) is 5.56 Å². The lowest BCUT2D eigenvalue weighted by atomic mass is 9.91. The maximum absolute atomic E-state index is 12.0. The summed E-state index contributed by atoms with van der Waals surface area (Å²) in [4.78, 5) is 12.0. The van der Waals surface area contributed by atoms with Crippen molar-refractivity contribution in [2.75, 3.05) is 25.1 Å². The van der Waals surface area contributed by atoms with Crippen LogP contribution in [0.4, 0.5) is 5.69 Å². The van der Waals surface area contributed by atoms with Crippen LogP contribution in [0.25, 0.3) is 0 Å². The van der Waals surface area contributed by atoms with Gasteiger partial charge in [-0.1, -0.05) is 0 Å². The Labute approximate surface area is 119 Å². The number of rotatable bonds is 4. The smallest absolute Gasteiger partial charge is 0.283 e. The molecule has 7 heteroatoms. The van der Waals surface area contributed by atoms with Crippen LogP contribution in [0.5, 0.6) is 0 Å². The molecular formula is C12H18BrN3O3. The van der Waals surface area contributed by atoms with Crippen molar-refractivity contribution in [2.45, 2.75) is 31.8 Å². The largest absolute Gasteiger partial charge is 0.394 e. The van der Waals surface area contributed by atoms with Crippen molar-refractivity contribution in [1.29, 1.82) is 0 Å². The van der Waals surface area contributed by atoms with E-state index in [1.165, 1.54) is 4.68 Å². The van der Waals surface area contributed by atoms with E-state index in [2.05, 4.69) is 26.3 Å². The zero-order chi connectivity index (χ0) is 13.9. The fourth-order valence-electron chi connectivity index (χ4n) is 2.15. The number of aryl methyl sites for hydroxylation is 1. The summed E-state index contributed by atoms with van der Waals surface area (Å²) in [6.07, 6.45) is 3.02. The van der Waals surface area contributed by atoms with Crippen LogP contribution in [0.3, 0.4) is 0 Å². The first-order valence-electron chi connectivity index (χ1n) is 6.34. The van der Waals surface area contributed by atoms with Crippen molar-refractivity contribution in [3.05, 3.63) is 21.0 Å². The minimum atomic E-state index is -0.437. The zero-order valence-corrected chi connectivity index (χ0v) is 12.4. The molecule has 0 aliphatic carbocycles. The van der Waals surface area contributed by atoms with E-state index in [4.69, 9.17) is 4.74 Å². The van der Waals surface area contributed by atoms with E-state index in [0.717, 1.165) is 0 Å². The molecule has 2 heterocycles. The summed E-state index contributed by atoms with van der Waals surface area (Å²) < 4.78 is 7.14. The summed E-state index contributed by atoms with van der Waals surface area (Å²) in [6, 6.07) is 0. The zero-order valence-electron chi connectivity index (χ0n) is 10.9. The lowest BCUT2D eigenvalue weighted by molar-refractivity contribution is 0.0379. The Morgan fingerprint density at radius 1 is 1.58 bits per heavy atom. The average Bonchev–Trinajstić information content (AvgIpc) is 2.45. The fourth-order valence-corrected chi connectivity index (χ4v) is 2.55. The minimum absolute atomic E-state index is 0.000335. The lowest BCUT2D eigenvalue weighted by Gasteiger charge is -2.37. The molecule has 2 rings (SSSR count). The Balaban J connectivity index is 2.27. The standard InChI is InChI=1S/C12H18BrN3O3/c1-2-16-11(18)10(13)9(7-14-16)15-12(8-17)3-5-19-6-4-12/h7,15,17H,2-6,8H2,1H3. The number of halogens is 1. The van der Waals surface area contributed by atoms with Gasteiger partial charge in [0, 0.05) is 19.8 Å². The molecule has 2 N–H and O–H groups in total. The van der Waals surface area contributed by atoms with Crippen molar-refractivity contribution in [3.8, 4) is 0 Å². The topological polar surface area (TPSA) is 76.4 Å². The van der Waals surface area contributed by atoms with E-state index >= 15 is 0 Å². The van der Waals surface area contributed by atoms with Gasteiger partial charge in [0.05, 0.1) is 24.0 Å². The maximum atomic E-state index is 12.0. The molecule has 0 atom stereocenters. The molecule has 0 spiro atoms. The van der Waals surface area contributed by atoms with Gasteiger partial charge in [-0.05, 0) is 35.7 Å². The van der Waals surface area contributed by atoms with Crippen molar-refractivity contribution >= 4 is 21.6 Å².